The standard InChI is InChI=1S/C21H20N4O2S/c1-12-9-10-13(2)16(11-12)20-24(14(3)26)17-8-6-5-7-15(17)18-19(27)22-21(28-4)23-25(18)20/h5-11,20H,1-4H3/p+1/t20-/m0/s1. The molecule has 0 saturated carbocycles. The summed E-state index contributed by atoms with van der Waals surface area (Å²) in [5.41, 5.74) is 4.71. The van der Waals surface area contributed by atoms with E-state index in [1.54, 1.807) is 16.5 Å². The fraction of sp³-hybridized carbons (Fsp3) is 0.238. The van der Waals surface area contributed by atoms with Crippen LogP contribution in [0.15, 0.2) is 52.4 Å². The highest BCUT2D eigenvalue weighted by Gasteiger charge is 2.45. The maximum atomic E-state index is 13.0. The summed E-state index contributed by atoms with van der Waals surface area (Å²) in [4.78, 5) is 30.3. The average molecular weight is 393 g/mol. The number of amides is 1. The molecule has 142 valence electrons. The second-order valence-electron chi connectivity index (χ2n) is 6.90. The van der Waals surface area contributed by atoms with Crippen LogP contribution >= 0.6 is 11.8 Å². The Bertz CT molecular complexity index is 1160. The third-order valence-corrected chi connectivity index (χ3v) is 5.57. The van der Waals surface area contributed by atoms with Crippen molar-refractivity contribution in [3.63, 3.8) is 0 Å². The fourth-order valence-corrected chi connectivity index (χ4v) is 4.09. The Kier molecular flexibility index (Phi) is 4.55. The number of benzene rings is 2. The number of thioether (sulfide) groups is 1. The lowest BCUT2D eigenvalue weighted by Gasteiger charge is -2.32. The zero-order chi connectivity index (χ0) is 20.0. The summed E-state index contributed by atoms with van der Waals surface area (Å²) in [5, 5.41) is 5.19. The normalized spacial score (nSPS) is 15.1. The van der Waals surface area contributed by atoms with Crippen LogP contribution in [0.4, 0.5) is 5.69 Å². The van der Waals surface area contributed by atoms with Gasteiger partial charge in [-0.25, -0.2) is 4.90 Å². The van der Waals surface area contributed by atoms with Crippen molar-refractivity contribution in [1.29, 1.82) is 0 Å². The Morgan fingerprint density at radius 2 is 1.96 bits per heavy atom. The molecule has 1 N–H and O–H groups in total. The van der Waals surface area contributed by atoms with E-state index in [9.17, 15) is 9.59 Å². The van der Waals surface area contributed by atoms with Crippen molar-refractivity contribution in [2.45, 2.75) is 32.1 Å². The topological polar surface area (TPSA) is 69.9 Å². The summed E-state index contributed by atoms with van der Waals surface area (Å²) in [7, 11) is 0. The third kappa shape index (κ3) is 2.82. The Morgan fingerprint density at radius 3 is 2.68 bits per heavy atom. The number of rotatable bonds is 2. The van der Waals surface area contributed by atoms with Gasteiger partial charge in [0.1, 0.15) is 0 Å². The first kappa shape index (κ1) is 18.4. The van der Waals surface area contributed by atoms with E-state index in [0.29, 0.717) is 22.1 Å². The molecular weight excluding hydrogens is 372 g/mol. The molecule has 2 heterocycles. The number of aromatic amines is 1. The van der Waals surface area contributed by atoms with E-state index in [-0.39, 0.29) is 11.5 Å². The predicted octanol–water partition coefficient (Wildman–Crippen LogP) is 2.98. The number of nitrogens with zero attached hydrogens (tertiary/aromatic N) is 3. The van der Waals surface area contributed by atoms with E-state index in [1.807, 2.05) is 56.5 Å². The minimum atomic E-state index is -0.532. The number of anilines is 1. The van der Waals surface area contributed by atoms with Crippen LogP contribution in [-0.4, -0.2) is 22.2 Å². The molecule has 1 aliphatic heterocycles. The van der Waals surface area contributed by atoms with Crippen molar-refractivity contribution in [2.24, 2.45) is 0 Å². The quantitative estimate of drug-likeness (QED) is 0.537. The van der Waals surface area contributed by atoms with Crippen LogP contribution in [0.3, 0.4) is 0 Å². The van der Waals surface area contributed by atoms with Crippen LogP contribution in [0.25, 0.3) is 11.3 Å². The van der Waals surface area contributed by atoms with Crippen molar-refractivity contribution in [2.75, 3.05) is 11.2 Å². The Balaban J connectivity index is 2.13. The molecule has 4 rings (SSSR count). The molecule has 0 radical (unpaired) electrons. The molecule has 0 unspecified atom stereocenters. The van der Waals surface area contributed by atoms with Gasteiger partial charge in [0.05, 0.1) is 11.3 Å². The van der Waals surface area contributed by atoms with E-state index >= 15 is 0 Å². The van der Waals surface area contributed by atoms with E-state index in [1.165, 1.54) is 11.8 Å². The zero-order valence-corrected chi connectivity index (χ0v) is 17.0. The van der Waals surface area contributed by atoms with Crippen molar-refractivity contribution in [1.82, 2.24) is 10.1 Å². The number of hydrogen-bond acceptors (Lipinski definition) is 4. The SMILES string of the molecule is CSc1n[n+]2c(c(=O)[nH]1)-c1ccccc1N(C(C)=O)[C@@H]2c1cc(C)ccc1C. The number of H-pyrrole nitrogens is 1. The number of fused-ring (bicyclic) bond motifs is 3. The first-order valence-corrected chi connectivity index (χ1v) is 10.2. The van der Waals surface area contributed by atoms with Gasteiger partial charge in [0.25, 0.3) is 6.17 Å². The molecule has 0 saturated heterocycles. The van der Waals surface area contributed by atoms with Gasteiger partial charge in [-0.15, -0.1) is 0 Å². The molecule has 1 amide bonds. The number of aromatic nitrogens is 3. The number of carbonyl (C=O) groups excluding carboxylic acids is 1. The molecule has 0 spiro atoms. The number of aryl methyl sites for hydroxylation is 2. The van der Waals surface area contributed by atoms with Gasteiger partial charge in [-0.1, -0.05) is 41.6 Å². The zero-order valence-electron chi connectivity index (χ0n) is 16.2. The molecule has 7 heteroatoms. The maximum Gasteiger partial charge on any atom is 0.325 e. The van der Waals surface area contributed by atoms with Gasteiger partial charge >= 0.3 is 11.3 Å². The van der Waals surface area contributed by atoms with Crippen LogP contribution in [-0.2, 0) is 4.79 Å². The average Bonchev–Trinajstić information content (AvgIpc) is 2.68. The minimum Gasteiger partial charge on any atom is -0.291 e. The van der Waals surface area contributed by atoms with E-state index in [4.69, 9.17) is 0 Å². The second kappa shape index (κ2) is 6.91. The molecule has 1 aliphatic rings. The van der Waals surface area contributed by atoms with Crippen molar-refractivity contribution >= 4 is 23.4 Å². The molecule has 1 atom stereocenters. The smallest absolute Gasteiger partial charge is 0.291 e. The highest BCUT2D eigenvalue weighted by molar-refractivity contribution is 7.98. The molecular formula is C21H21N4O2S+. The number of nitrogens with one attached hydrogen (secondary N) is 1. The molecule has 0 bridgehead atoms. The van der Waals surface area contributed by atoms with Gasteiger partial charge in [-0.05, 0) is 48.5 Å². The summed E-state index contributed by atoms with van der Waals surface area (Å²) in [5.74, 6) is -0.107. The lowest BCUT2D eigenvalue weighted by molar-refractivity contribution is -0.763. The van der Waals surface area contributed by atoms with Gasteiger partial charge in [-0.3, -0.25) is 14.6 Å². The fourth-order valence-electron chi connectivity index (χ4n) is 3.72. The van der Waals surface area contributed by atoms with Gasteiger partial charge < -0.3 is 0 Å². The van der Waals surface area contributed by atoms with Gasteiger partial charge in [-0.2, -0.15) is 0 Å². The summed E-state index contributed by atoms with van der Waals surface area (Å²) < 4.78 is 1.69. The largest absolute Gasteiger partial charge is 0.325 e. The first-order chi connectivity index (χ1) is 13.4. The van der Waals surface area contributed by atoms with E-state index in [2.05, 4.69) is 16.1 Å². The monoisotopic (exact) mass is 393 g/mol. The van der Waals surface area contributed by atoms with Crippen LogP contribution < -0.4 is 15.1 Å². The number of carbonyl (C=O) groups is 1. The van der Waals surface area contributed by atoms with Crippen LogP contribution in [0, 0.1) is 13.8 Å². The van der Waals surface area contributed by atoms with Crippen molar-refractivity contribution in [3.8, 4) is 11.3 Å². The van der Waals surface area contributed by atoms with E-state index < -0.39 is 6.17 Å². The molecule has 0 aliphatic carbocycles. The molecule has 28 heavy (non-hydrogen) atoms. The maximum absolute atomic E-state index is 13.0. The minimum absolute atomic E-state index is 0.107. The Labute approximate surface area is 167 Å². The summed E-state index contributed by atoms with van der Waals surface area (Å²) in [6, 6.07) is 13.6. The second-order valence-corrected chi connectivity index (χ2v) is 7.69. The first-order valence-electron chi connectivity index (χ1n) is 8.99. The van der Waals surface area contributed by atoms with Crippen molar-refractivity contribution < 1.29 is 9.48 Å². The van der Waals surface area contributed by atoms with Crippen LogP contribution in [0.1, 0.15) is 29.8 Å². The van der Waals surface area contributed by atoms with Crippen LogP contribution in [0.2, 0.25) is 0 Å². The van der Waals surface area contributed by atoms with Gasteiger partial charge in [0.2, 0.25) is 11.1 Å². The predicted molar refractivity (Wildman–Crippen MR) is 109 cm³/mol. The lowest BCUT2D eigenvalue weighted by atomic mass is 9.97. The number of hydrogen-bond donors (Lipinski definition) is 1. The molecule has 2 aromatic carbocycles. The van der Waals surface area contributed by atoms with Gasteiger partial charge in [0, 0.05) is 17.6 Å². The number of para-hydroxylation sites is 1. The lowest BCUT2D eigenvalue weighted by Crippen LogP contribution is -2.60. The van der Waals surface area contributed by atoms with Crippen molar-refractivity contribution in [3.05, 3.63) is 69.5 Å². The Hall–Kier alpha value is -2.93. The highest BCUT2D eigenvalue weighted by atomic mass is 32.2. The third-order valence-electron chi connectivity index (χ3n) is 5.00. The summed E-state index contributed by atoms with van der Waals surface area (Å²) >= 11 is 1.36. The highest BCUT2D eigenvalue weighted by Crippen LogP contribution is 2.38. The summed E-state index contributed by atoms with van der Waals surface area (Å²) in [6.07, 6.45) is 1.33. The molecule has 6 nitrogen and oxygen atoms in total. The van der Waals surface area contributed by atoms with Crippen LogP contribution in [0.5, 0.6) is 0 Å². The summed E-state index contributed by atoms with van der Waals surface area (Å²) in [6.45, 7) is 5.57. The molecule has 1 aromatic heterocycles. The molecule has 3 aromatic rings. The van der Waals surface area contributed by atoms with Gasteiger partial charge in [0.15, 0.2) is 0 Å². The molecule has 0 fully saturated rings. The Morgan fingerprint density at radius 1 is 1.21 bits per heavy atom. The van der Waals surface area contributed by atoms with E-state index in [0.717, 1.165) is 16.7 Å².